The Morgan fingerprint density at radius 2 is 1.17 bits per heavy atom. The Kier molecular flexibility index (Phi) is 9.10. The van der Waals surface area contributed by atoms with Gasteiger partial charge in [0.1, 0.15) is 0 Å². The monoisotopic (exact) mass is 164 g/mol. The third-order valence-corrected chi connectivity index (χ3v) is 1.22. The maximum Gasteiger partial charge on any atom is -0.0398 e. The molecule has 0 heteroatoms. The summed E-state index contributed by atoms with van der Waals surface area (Å²) >= 11 is 0. The van der Waals surface area contributed by atoms with E-state index in [4.69, 9.17) is 0 Å². The first-order chi connectivity index (χ1) is 5.20. The number of hydrogen-bond donors (Lipinski definition) is 0. The molecule has 0 nitrogen and oxygen atoms in total. The molecule has 0 aromatic heterocycles. The Bertz CT molecular complexity index is 173. The molecule has 1 aromatic rings. The van der Waals surface area contributed by atoms with E-state index < -0.39 is 0 Å². The zero-order valence-electron chi connectivity index (χ0n) is 7.59. The van der Waals surface area contributed by atoms with Crippen molar-refractivity contribution in [1.29, 1.82) is 0 Å². The Hall–Kier alpha value is -1.04. The van der Waals surface area contributed by atoms with Crippen molar-refractivity contribution in [3.8, 4) is 0 Å². The molecule has 0 aliphatic rings. The molecule has 0 radical (unpaired) electrons. The number of rotatable bonds is 0. The summed E-state index contributed by atoms with van der Waals surface area (Å²) in [5.41, 5.74) is 2.66. The van der Waals surface area contributed by atoms with E-state index in [-0.39, 0.29) is 7.43 Å². The summed E-state index contributed by atoms with van der Waals surface area (Å²) in [5, 5.41) is 0. The van der Waals surface area contributed by atoms with Crippen molar-refractivity contribution in [1.82, 2.24) is 0 Å². The molecular weight excluding hydrogens is 144 g/mol. The van der Waals surface area contributed by atoms with Crippen LogP contribution in [0.2, 0.25) is 0 Å². The minimum absolute atomic E-state index is 0. The Labute approximate surface area is 76.9 Å². The van der Waals surface area contributed by atoms with Gasteiger partial charge in [0, 0.05) is 0 Å². The molecule has 0 N–H and O–H groups in total. The largest absolute Gasteiger partial charge is 0.103 e. The van der Waals surface area contributed by atoms with Crippen LogP contribution in [0, 0.1) is 13.8 Å². The van der Waals surface area contributed by atoms with E-state index in [2.05, 4.69) is 44.7 Å². The zero-order chi connectivity index (χ0) is 8.69. The van der Waals surface area contributed by atoms with Crippen LogP contribution < -0.4 is 0 Å². The Morgan fingerprint density at radius 1 is 1.00 bits per heavy atom. The molecule has 0 saturated carbocycles. The van der Waals surface area contributed by atoms with Gasteiger partial charge in [0.2, 0.25) is 0 Å². The molecule has 0 unspecified atom stereocenters. The van der Waals surface area contributed by atoms with Crippen molar-refractivity contribution in [2.75, 3.05) is 0 Å². The van der Waals surface area contributed by atoms with Gasteiger partial charge >= 0.3 is 0 Å². The molecule has 0 spiro atoms. The van der Waals surface area contributed by atoms with E-state index in [1.165, 1.54) is 11.1 Å². The van der Waals surface area contributed by atoms with Gasteiger partial charge in [-0.25, -0.2) is 0 Å². The number of benzene rings is 1. The Morgan fingerprint density at radius 3 is 1.33 bits per heavy atom. The smallest absolute Gasteiger partial charge is 0.0398 e. The molecule has 0 bridgehead atoms. The average molecular weight is 164 g/mol. The van der Waals surface area contributed by atoms with Gasteiger partial charge in [-0.2, -0.15) is 0 Å². The van der Waals surface area contributed by atoms with Crippen molar-refractivity contribution in [2.45, 2.75) is 28.2 Å². The van der Waals surface area contributed by atoms with Crippen molar-refractivity contribution in [3.63, 3.8) is 0 Å². The molecule has 0 saturated heterocycles. The van der Waals surface area contributed by atoms with E-state index >= 15 is 0 Å². The highest BCUT2D eigenvalue weighted by Crippen LogP contribution is 1.99. The third kappa shape index (κ3) is 7.07. The fourth-order valence-corrected chi connectivity index (χ4v) is 0.637. The molecule has 0 amide bonds. The van der Waals surface area contributed by atoms with Gasteiger partial charge in [0.15, 0.2) is 0 Å². The first kappa shape index (κ1) is 13.5. The van der Waals surface area contributed by atoms with Crippen LogP contribution in [0.5, 0.6) is 0 Å². The highest BCUT2D eigenvalue weighted by molar-refractivity contribution is 5.19. The minimum Gasteiger partial charge on any atom is -0.103 e. The van der Waals surface area contributed by atoms with Crippen molar-refractivity contribution < 1.29 is 0 Å². The van der Waals surface area contributed by atoms with Crippen LogP contribution in [0.15, 0.2) is 36.9 Å². The van der Waals surface area contributed by atoms with E-state index in [1.54, 1.807) is 6.08 Å². The van der Waals surface area contributed by atoms with Gasteiger partial charge in [0.05, 0.1) is 0 Å². The average Bonchev–Trinajstić information content (AvgIpc) is 1.97. The molecular formula is C12H20. The highest BCUT2D eigenvalue weighted by Gasteiger charge is 1.79. The molecule has 0 atom stereocenters. The van der Waals surface area contributed by atoms with Crippen LogP contribution >= 0.6 is 0 Å². The van der Waals surface area contributed by atoms with Crippen LogP contribution in [0.1, 0.15) is 25.5 Å². The summed E-state index contributed by atoms with van der Waals surface area (Å²) in [7, 11) is 0. The number of hydrogen-bond acceptors (Lipinski definition) is 0. The van der Waals surface area contributed by atoms with Crippen LogP contribution in [0.3, 0.4) is 0 Å². The number of aryl methyl sites for hydroxylation is 2. The van der Waals surface area contributed by atoms with E-state index in [0.29, 0.717) is 0 Å². The SMILES string of the molecule is C.C=CC.Cc1ccc(C)cc1. The highest BCUT2D eigenvalue weighted by atomic mass is 13.9. The summed E-state index contributed by atoms with van der Waals surface area (Å²) in [6.45, 7) is 9.44. The first-order valence-electron chi connectivity index (χ1n) is 3.81. The zero-order valence-corrected chi connectivity index (χ0v) is 7.59. The molecule has 0 heterocycles. The van der Waals surface area contributed by atoms with Crippen molar-refractivity contribution in [2.24, 2.45) is 0 Å². The van der Waals surface area contributed by atoms with E-state index in [9.17, 15) is 0 Å². The second-order valence-corrected chi connectivity index (χ2v) is 2.56. The van der Waals surface area contributed by atoms with Crippen LogP contribution in [0.4, 0.5) is 0 Å². The molecule has 0 aliphatic heterocycles. The molecule has 0 fully saturated rings. The predicted octanol–water partition coefficient (Wildman–Crippen LogP) is 4.13. The third-order valence-electron chi connectivity index (χ3n) is 1.22. The normalized spacial score (nSPS) is 7.25. The predicted molar refractivity (Wildman–Crippen MR) is 58.5 cm³/mol. The van der Waals surface area contributed by atoms with Gasteiger partial charge in [-0.3, -0.25) is 0 Å². The lowest BCUT2D eigenvalue weighted by molar-refractivity contribution is 1.40. The molecule has 1 rings (SSSR count). The first-order valence-corrected chi connectivity index (χ1v) is 3.81. The minimum atomic E-state index is 0. The molecule has 1 aromatic carbocycles. The quantitative estimate of drug-likeness (QED) is 0.506. The van der Waals surface area contributed by atoms with Crippen LogP contribution in [0.25, 0.3) is 0 Å². The van der Waals surface area contributed by atoms with Gasteiger partial charge < -0.3 is 0 Å². The maximum absolute atomic E-state index is 3.36. The topological polar surface area (TPSA) is 0 Å². The van der Waals surface area contributed by atoms with Gasteiger partial charge in [0.25, 0.3) is 0 Å². The standard InChI is InChI=1S/C8H10.C3H6.CH4/c1-7-3-5-8(2)6-4-7;1-3-2;/h3-6H,1-2H3;3H,1H2,2H3;1H4. The lowest BCUT2D eigenvalue weighted by Crippen LogP contribution is -1.70. The van der Waals surface area contributed by atoms with Gasteiger partial charge in [-0.15, -0.1) is 6.58 Å². The van der Waals surface area contributed by atoms with Crippen molar-refractivity contribution in [3.05, 3.63) is 48.0 Å². The summed E-state index contributed by atoms with van der Waals surface area (Å²) in [5.74, 6) is 0. The molecule has 0 aliphatic carbocycles. The van der Waals surface area contributed by atoms with Crippen LogP contribution in [-0.4, -0.2) is 0 Å². The Balaban J connectivity index is 0. The number of allylic oxidation sites excluding steroid dienone is 1. The molecule has 68 valence electrons. The van der Waals surface area contributed by atoms with Crippen LogP contribution in [-0.2, 0) is 0 Å². The molecule has 12 heavy (non-hydrogen) atoms. The lowest BCUT2D eigenvalue weighted by atomic mass is 10.2. The second kappa shape index (κ2) is 8.06. The summed E-state index contributed by atoms with van der Waals surface area (Å²) < 4.78 is 0. The summed E-state index contributed by atoms with van der Waals surface area (Å²) in [6, 6.07) is 8.48. The van der Waals surface area contributed by atoms with E-state index in [0.717, 1.165) is 0 Å². The summed E-state index contributed by atoms with van der Waals surface area (Å²) in [6.07, 6.45) is 1.75. The van der Waals surface area contributed by atoms with Crippen molar-refractivity contribution >= 4 is 0 Å². The summed E-state index contributed by atoms with van der Waals surface area (Å²) in [4.78, 5) is 0. The fourth-order valence-electron chi connectivity index (χ4n) is 0.637. The van der Waals surface area contributed by atoms with Gasteiger partial charge in [-0.1, -0.05) is 48.9 Å². The van der Waals surface area contributed by atoms with E-state index in [1.807, 2.05) is 6.92 Å². The lowest BCUT2D eigenvalue weighted by Gasteiger charge is -1.90. The fraction of sp³-hybridized carbons (Fsp3) is 0.333. The van der Waals surface area contributed by atoms with Gasteiger partial charge in [-0.05, 0) is 20.8 Å². The second-order valence-electron chi connectivity index (χ2n) is 2.56. The maximum atomic E-state index is 3.36.